The Morgan fingerprint density at radius 1 is 1.20 bits per heavy atom. The molecule has 2 aliphatic rings. The van der Waals surface area contributed by atoms with Crippen LogP contribution in [0.4, 0.5) is 0 Å². The van der Waals surface area contributed by atoms with E-state index in [2.05, 4.69) is 6.58 Å². The Bertz CT molecular complexity index is 314. The van der Waals surface area contributed by atoms with Crippen molar-refractivity contribution in [2.75, 3.05) is 0 Å². The van der Waals surface area contributed by atoms with E-state index in [0.29, 0.717) is 0 Å². The highest BCUT2D eigenvalue weighted by molar-refractivity contribution is 6.07. The van der Waals surface area contributed by atoms with Crippen molar-refractivity contribution in [1.29, 1.82) is 0 Å². The van der Waals surface area contributed by atoms with Crippen molar-refractivity contribution in [2.24, 2.45) is 0 Å². The van der Waals surface area contributed by atoms with E-state index in [1.165, 1.54) is 0 Å². The first-order chi connectivity index (χ1) is 4.77. The minimum atomic E-state index is 0.0792. The Morgan fingerprint density at radius 3 is 2.70 bits per heavy atom. The molecule has 0 saturated carbocycles. The van der Waals surface area contributed by atoms with Crippen molar-refractivity contribution in [3.05, 3.63) is 47.6 Å². The SMILES string of the molecule is C=C1C=CC2=CC(=O)C=C12. The van der Waals surface area contributed by atoms with Crippen molar-refractivity contribution in [3.8, 4) is 0 Å². The van der Waals surface area contributed by atoms with E-state index in [9.17, 15) is 4.79 Å². The molecular formula is C9H6O. The van der Waals surface area contributed by atoms with Crippen LogP contribution in [-0.2, 0) is 4.79 Å². The normalized spacial score (nSPS) is 21.2. The second-order valence-electron chi connectivity index (χ2n) is 2.42. The lowest BCUT2D eigenvalue weighted by Gasteiger charge is -1.91. The van der Waals surface area contributed by atoms with Gasteiger partial charge in [-0.1, -0.05) is 18.7 Å². The fourth-order valence-corrected chi connectivity index (χ4v) is 1.19. The molecule has 10 heavy (non-hydrogen) atoms. The predicted molar refractivity (Wildman–Crippen MR) is 39.5 cm³/mol. The lowest BCUT2D eigenvalue weighted by molar-refractivity contribution is -0.110. The van der Waals surface area contributed by atoms with E-state index in [1.54, 1.807) is 12.2 Å². The summed E-state index contributed by atoms with van der Waals surface area (Å²) in [7, 11) is 0. The topological polar surface area (TPSA) is 17.1 Å². The number of rotatable bonds is 0. The smallest absolute Gasteiger partial charge is 0.179 e. The predicted octanol–water partition coefficient (Wildman–Crippen LogP) is 1.55. The standard InChI is InChI=1S/C9H6O/c1-6-2-3-7-4-8(10)5-9(6)7/h2-5H,1H2. The van der Waals surface area contributed by atoms with E-state index in [1.807, 2.05) is 12.2 Å². The lowest BCUT2D eigenvalue weighted by Crippen LogP contribution is -1.79. The zero-order valence-electron chi connectivity index (χ0n) is 5.42. The fraction of sp³-hybridized carbons (Fsp3) is 0. The van der Waals surface area contributed by atoms with Crippen LogP contribution in [0.1, 0.15) is 0 Å². The molecule has 0 atom stereocenters. The molecule has 2 aliphatic carbocycles. The minimum Gasteiger partial charge on any atom is -0.290 e. The first-order valence-electron chi connectivity index (χ1n) is 3.12. The van der Waals surface area contributed by atoms with Gasteiger partial charge in [0.15, 0.2) is 5.78 Å². The van der Waals surface area contributed by atoms with Gasteiger partial charge in [-0.15, -0.1) is 0 Å². The maximum atomic E-state index is 10.8. The maximum Gasteiger partial charge on any atom is 0.179 e. The zero-order chi connectivity index (χ0) is 7.14. The first-order valence-corrected chi connectivity index (χ1v) is 3.12. The van der Waals surface area contributed by atoms with Gasteiger partial charge in [-0.05, 0) is 28.9 Å². The second kappa shape index (κ2) is 1.57. The number of ketones is 1. The molecule has 0 unspecified atom stereocenters. The third kappa shape index (κ3) is 0.545. The van der Waals surface area contributed by atoms with Gasteiger partial charge in [0.25, 0.3) is 0 Å². The van der Waals surface area contributed by atoms with E-state index in [-0.39, 0.29) is 5.78 Å². The van der Waals surface area contributed by atoms with Gasteiger partial charge in [0, 0.05) is 0 Å². The molecule has 0 aliphatic heterocycles. The van der Waals surface area contributed by atoms with E-state index in [4.69, 9.17) is 0 Å². The molecule has 0 aromatic heterocycles. The summed E-state index contributed by atoms with van der Waals surface area (Å²) in [5, 5.41) is 0. The van der Waals surface area contributed by atoms with Crippen LogP contribution in [0.15, 0.2) is 47.6 Å². The Morgan fingerprint density at radius 2 is 2.00 bits per heavy atom. The zero-order valence-corrected chi connectivity index (χ0v) is 5.42. The number of hydrogen-bond donors (Lipinski definition) is 0. The molecular weight excluding hydrogens is 124 g/mol. The molecule has 0 bridgehead atoms. The molecule has 2 rings (SSSR count). The molecule has 0 radical (unpaired) electrons. The number of carbonyl (C=O) groups excluding carboxylic acids is 1. The number of allylic oxidation sites excluding steroid dienone is 7. The van der Waals surface area contributed by atoms with Gasteiger partial charge in [-0.2, -0.15) is 0 Å². The van der Waals surface area contributed by atoms with Gasteiger partial charge in [0.1, 0.15) is 0 Å². The number of carbonyl (C=O) groups is 1. The summed E-state index contributed by atoms with van der Waals surface area (Å²) in [6.45, 7) is 3.78. The van der Waals surface area contributed by atoms with Crippen LogP contribution < -0.4 is 0 Å². The average molecular weight is 130 g/mol. The first kappa shape index (κ1) is 5.42. The Kier molecular flexibility index (Phi) is 0.849. The van der Waals surface area contributed by atoms with Crippen molar-refractivity contribution in [2.45, 2.75) is 0 Å². The highest BCUT2D eigenvalue weighted by Crippen LogP contribution is 2.30. The molecule has 0 aromatic carbocycles. The van der Waals surface area contributed by atoms with Gasteiger partial charge >= 0.3 is 0 Å². The number of fused-ring (bicyclic) bond motifs is 1. The average Bonchev–Trinajstić information content (AvgIpc) is 2.35. The molecule has 48 valence electrons. The quantitative estimate of drug-likeness (QED) is 0.486. The van der Waals surface area contributed by atoms with Gasteiger partial charge in [-0.3, -0.25) is 4.79 Å². The van der Waals surface area contributed by atoms with E-state index < -0.39 is 0 Å². The minimum absolute atomic E-state index is 0.0792. The monoisotopic (exact) mass is 130 g/mol. The molecule has 0 aromatic rings. The summed E-state index contributed by atoms with van der Waals surface area (Å²) >= 11 is 0. The summed E-state index contributed by atoms with van der Waals surface area (Å²) < 4.78 is 0. The Balaban J connectivity index is 2.61. The molecule has 0 saturated heterocycles. The third-order valence-electron chi connectivity index (χ3n) is 1.71. The van der Waals surface area contributed by atoms with Gasteiger partial charge < -0.3 is 0 Å². The molecule has 0 N–H and O–H groups in total. The fourth-order valence-electron chi connectivity index (χ4n) is 1.19. The highest BCUT2D eigenvalue weighted by atomic mass is 16.1. The summed E-state index contributed by atoms with van der Waals surface area (Å²) in [5.74, 6) is 0.0792. The van der Waals surface area contributed by atoms with Crippen LogP contribution >= 0.6 is 0 Å². The summed E-state index contributed by atoms with van der Waals surface area (Å²) in [6.07, 6.45) is 7.09. The Labute approximate surface area is 59.1 Å². The van der Waals surface area contributed by atoms with Crippen molar-refractivity contribution in [3.63, 3.8) is 0 Å². The molecule has 1 heteroatoms. The van der Waals surface area contributed by atoms with Crippen LogP contribution in [0.5, 0.6) is 0 Å². The van der Waals surface area contributed by atoms with Gasteiger partial charge in [-0.25, -0.2) is 0 Å². The van der Waals surface area contributed by atoms with Crippen LogP contribution in [0.3, 0.4) is 0 Å². The summed E-state index contributed by atoms with van der Waals surface area (Å²) in [5.41, 5.74) is 2.94. The third-order valence-corrected chi connectivity index (χ3v) is 1.71. The van der Waals surface area contributed by atoms with Crippen molar-refractivity contribution < 1.29 is 4.79 Å². The second-order valence-corrected chi connectivity index (χ2v) is 2.42. The van der Waals surface area contributed by atoms with Gasteiger partial charge in [0.05, 0.1) is 0 Å². The highest BCUT2D eigenvalue weighted by Gasteiger charge is 2.18. The van der Waals surface area contributed by atoms with Crippen LogP contribution in [-0.4, -0.2) is 5.78 Å². The maximum absolute atomic E-state index is 10.8. The van der Waals surface area contributed by atoms with E-state index >= 15 is 0 Å². The number of hydrogen-bond acceptors (Lipinski definition) is 1. The van der Waals surface area contributed by atoms with Crippen molar-refractivity contribution in [1.82, 2.24) is 0 Å². The summed E-state index contributed by atoms with van der Waals surface area (Å²) in [6, 6.07) is 0. The molecule has 0 amide bonds. The van der Waals surface area contributed by atoms with Crippen LogP contribution in [0, 0.1) is 0 Å². The molecule has 0 heterocycles. The van der Waals surface area contributed by atoms with Crippen LogP contribution in [0.2, 0.25) is 0 Å². The van der Waals surface area contributed by atoms with E-state index in [0.717, 1.165) is 16.7 Å². The lowest BCUT2D eigenvalue weighted by atomic mass is 10.1. The van der Waals surface area contributed by atoms with Crippen LogP contribution in [0.25, 0.3) is 0 Å². The largest absolute Gasteiger partial charge is 0.290 e. The molecule has 0 fully saturated rings. The summed E-state index contributed by atoms with van der Waals surface area (Å²) in [4.78, 5) is 10.8. The van der Waals surface area contributed by atoms with Crippen molar-refractivity contribution >= 4 is 5.78 Å². The molecule has 1 nitrogen and oxygen atoms in total. The van der Waals surface area contributed by atoms with Gasteiger partial charge in [0.2, 0.25) is 0 Å². The molecule has 0 spiro atoms. The Hall–Kier alpha value is -1.37.